The van der Waals surface area contributed by atoms with Crippen LogP contribution in [0.2, 0.25) is 0 Å². The standard InChI is InChI=1S/C15H22BrN3O2/c1-2-11(6-12-4-3-5-13(16)7-12)9-18-15(21)10-19-14(20)8-17/h3-5,7,11H,2,6,8-10,17H2,1H3,(H,18,21)(H,19,20). The first-order valence-electron chi connectivity index (χ1n) is 7.03. The van der Waals surface area contributed by atoms with Crippen LogP contribution in [0.15, 0.2) is 28.7 Å². The van der Waals surface area contributed by atoms with Gasteiger partial charge >= 0.3 is 0 Å². The van der Waals surface area contributed by atoms with Crippen molar-refractivity contribution in [3.63, 3.8) is 0 Å². The molecule has 0 heterocycles. The minimum Gasteiger partial charge on any atom is -0.354 e. The largest absolute Gasteiger partial charge is 0.354 e. The summed E-state index contributed by atoms with van der Waals surface area (Å²) >= 11 is 3.46. The third-order valence-corrected chi connectivity index (χ3v) is 3.70. The van der Waals surface area contributed by atoms with Gasteiger partial charge in [0.1, 0.15) is 0 Å². The number of amides is 2. The zero-order chi connectivity index (χ0) is 15.7. The van der Waals surface area contributed by atoms with Gasteiger partial charge in [-0.2, -0.15) is 0 Å². The Morgan fingerprint density at radius 1 is 1.29 bits per heavy atom. The van der Waals surface area contributed by atoms with Crippen molar-refractivity contribution in [2.24, 2.45) is 11.7 Å². The van der Waals surface area contributed by atoms with E-state index in [-0.39, 0.29) is 24.9 Å². The number of halogens is 1. The van der Waals surface area contributed by atoms with Crippen LogP contribution in [0.25, 0.3) is 0 Å². The van der Waals surface area contributed by atoms with Gasteiger partial charge in [0.15, 0.2) is 0 Å². The summed E-state index contributed by atoms with van der Waals surface area (Å²) in [5.74, 6) is -0.149. The van der Waals surface area contributed by atoms with Gasteiger partial charge in [-0.05, 0) is 30.0 Å². The van der Waals surface area contributed by atoms with Crippen LogP contribution in [-0.2, 0) is 16.0 Å². The topological polar surface area (TPSA) is 84.2 Å². The minimum absolute atomic E-state index is 0.0245. The van der Waals surface area contributed by atoms with E-state index in [9.17, 15) is 9.59 Å². The fourth-order valence-corrected chi connectivity index (χ4v) is 2.38. The van der Waals surface area contributed by atoms with Crippen LogP contribution < -0.4 is 16.4 Å². The molecular weight excluding hydrogens is 334 g/mol. The molecule has 1 aromatic rings. The normalized spacial score (nSPS) is 11.8. The van der Waals surface area contributed by atoms with Gasteiger partial charge in [0, 0.05) is 11.0 Å². The molecule has 1 unspecified atom stereocenters. The third kappa shape index (κ3) is 7.24. The number of nitrogens with two attached hydrogens (primary N) is 1. The van der Waals surface area contributed by atoms with Crippen molar-refractivity contribution in [2.75, 3.05) is 19.6 Å². The number of rotatable bonds is 8. The summed E-state index contributed by atoms with van der Waals surface area (Å²) in [6.45, 7) is 2.57. The number of carbonyl (C=O) groups excluding carboxylic acids is 2. The SMILES string of the molecule is CCC(CNC(=O)CNC(=O)CN)Cc1cccc(Br)c1. The van der Waals surface area contributed by atoms with Crippen LogP contribution in [0.1, 0.15) is 18.9 Å². The molecule has 0 aromatic heterocycles. The molecular formula is C15H22BrN3O2. The zero-order valence-electron chi connectivity index (χ0n) is 12.2. The number of hydrogen-bond acceptors (Lipinski definition) is 3. The monoisotopic (exact) mass is 355 g/mol. The first-order valence-corrected chi connectivity index (χ1v) is 7.82. The van der Waals surface area contributed by atoms with Crippen LogP contribution in [0.3, 0.4) is 0 Å². The summed E-state index contributed by atoms with van der Waals surface area (Å²) in [6.07, 6.45) is 1.88. The predicted molar refractivity (Wildman–Crippen MR) is 86.7 cm³/mol. The molecule has 0 aliphatic rings. The van der Waals surface area contributed by atoms with E-state index in [4.69, 9.17) is 5.73 Å². The molecule has 4 N–H and O–H groups in total. The summed E-state index contributed by atoms with van der Waals surface area (Å²) in [5, 5.41) is 5.29. The van der Waals surface area contributed by atoms with Crippen LogP contribution in [0.5, 0.6) is 0 Å². The van der Waals surface area contributed by atoms with E-state index < -0.39 is 0 Å². The maximum Gasteiger partial charge on any atom is 0.239 e. The fraction of sp³-hybridized carbons (Fsp3) is 0.467. The first-order chi connectivity index (χ1) is 10.0. The molecule has 21 heavy (non-hydrogen) atoms. The summed E-state index contributed by atoms with van der Waals surface area (Å²) in [7, 11) is 0. The Balaban J connectivity index is 2.37. The molecule has 0 aliphatic carbocycles. The highest BCUT2D eigenvalue weighted by Gasteiger charge is 2.10. The number of hydrogen-bond donors (Lipinski definition) is 3. The summed E-state index contributed by atoms with van der Waals surface area (Å²) in [4.78, 5) is 22.6. The van der Waals surface area contributed by atoms with E-state index in [1.165, 1.54) is 5.56 Å². The van der Waals surface area contributed by atoms with Crippen molar-refractivity contribution < 1.29 is 9.59 Å². The van der Waals surface area contributed by atoms with Gasteiger partial charge in [0.2, 0.25) is 11.8 Å². The quantitative estimate of drug-likeness (QED) is 0.655. The van der Waals surface area contributed by atoms with Gasteiger partial charge < -0.3 is 16.4 Å². The van der Waals surface area contributed by atoms with Crippen LogP contribution in [-0.4, -0.2) is 31.4 Å². The van der Waals surface area contributed by atoms with Gasteiger partial charge in [0.05, 0.1) is 13.1 Å². The second kappa shape index (κ2) is 9.52. The van der Waals surface area contributed by atoms with Gasteiger partial charge in [-0.3, -0.25) is 9.59 Å². The average Bonchev–Trinajstić information content (AvgIpc) is 2.48. The molecule has 5 nitrogen and oxygen atoms in total. The van der Waals surface area contributed by atoms with Gasteiger partial charge in [0.25, 0.3) is 0 Å². The van der Waals surface area contributed by atoms with Crippen molar-refractivity contribution >= 4 is 27.7 Å². The second-order valence-electron chi connectivity index (χ2n) is 4.89. The lowest BCUT2D eigenvalue weighted by molar-refractivity contribution is -0.125. The molecule has 6 heteroatoms. The number of carbonyl (C=O) groups is 2. The molecule has 0 radical (unpaired) electrons. The van der Waals surface area contributed by atoms with E-state index in [1.807, 2.05) is 12.1 Å². The van der Waals surface area contributed by atoms with Gasteiger partial charge in [-0.15, -0.1) is 0 Å². The molecule has 116 valence electrons. The molecule has 0 fully saturated rings. The number of benzene rings is 1. The van der Waals surface area contributed by atoms with E-state index in [0.717, 1.165) is 17.3 Å². The van der Waals surface area contributed by atoms with Crippen molar-refractivity contribution in [3.05, 3.63) is 34.3 Å². The molecule has 0 aliphatic heterocycles. The van der Waals surface area contributed by atoms with Gasteiger partial charge in [-0.1, -0.05) is 41.4 Å². The third-order valence-electron chi connectivity index (χ3n) is 3.21. The lowest BCUT2D eigenvalue weighted by atomic mass is 9.97. The molecule has 0 bridgehead atoms. The Labute approximate surface area is 133 Å². The molecule has 0 saturated heterocycles. The minimum atomic E-state index is -0.327. The van der Waals surface area contributed by atoms with Crippen LogP contribution in [0.4, 0.5) is 0 Å². The highest BCUT2D eigenvalue weighted by molar-refractivity contribution is 9.10. The Morgan fingerprint density at radius 2 is 2.05 bits per heavy atom. The molecule has 1 rings (SSSR count). The highest BCUT2D eigenvalue weighted by atomic mass is 79.9. The molecule has 2 amide bonds. The summed E-state index contributed by atoms with van der Waals surface area (Å²) in [6, 6.07) is 8.17. The van der Waals surface area contributed by atoms with Crippen molar-refractivity contribution in [2.45, 2.75) is 19.8 Å². The van der Waals surface area contributed by atoms with E-state index in [2.05, 4.69) is 45.6 Å². The Hall–Kier alpha value is -1.40. The van der Waals surface area contributed by atoms with E-state index >= 15 is 0 Å². The zero-order valence-corrected chi connectivity index (χ0v) is 13.8. The van der Waals surface area contributed by atoms with Gasteiger partial charge in [-0.25, -0.2) is 0 Å². The Morgan fingerprint density at radius 3 is 2.67 bits per heavy atom. The van der Waals surface area contributed by atoms with Crippen molar-refractivity contribution in [1.82, 2.24) is 10.6 Å². The molecule has 0 spiro atoms. The Kier molecular flexibility index (Phi) is 8.00. The lowest BCUT2D eigenvalue weighted by Gasteiger charge is -2.16. The molecule has 1 aromatic carbocycles. The van der Waals surface area contributed by atoms with Crippen molar-refractivity contribution in [3.8, 4) is 0 Å². The molecule has 1 atom stereocenters. The fourth-order valence-electron chi connectivity index (χ4n) is 1.93. The first kappa shape index (κ1) is 17.7. The second-order valence-corrected chi connectivity index (χ2v) is 5.81. The smallest absolute Gasteiger partial charge is 0.239 e. The van der Waals surface area contributed by atoms with E-state index in [1.54, 1.807) is 0 Å². The number of nitrogens with one attached hydrogen (secondary N) is 2. The maximum absolute atomic E-state index is 11.6. The lowest BCUT2D eigenvalue weighted by Crippen LogP contribution is -2.41. The Bertz CT molecular complexity index is 480. The van der Waals surface area contributed by atoms with Crippen LogP contribution in [0, 0.1) is 5.92 Å². The highest BCUT2D eigenvalue weighted by Crippen LogP contribution is 2.16. The average molecular weight is 356 g/mol. The maximum atomic E-state index is 11.6. The van der Waals surface area contributed by atoms with E-state index in [0.29, 0.717) is 12.5 Å². The summed E-state index contributed by atoms with van der Waals surface area (Å²) < 4.78 is 1.06. The van der Waals surface area contributed by atoms with Crippen LogP contribution >= 0.6 is 15.9 Å². The molecule has 0 saturated carbocycles. The summed E-state index contributed by atoms with van der Waals surface area (Å²) in [5.41, 5.74) is 6.39. The predicted octanol–water partition coefficient (Wildman–Crippen LogP) is 1.21. The van der Waals surface area contributed by atoms with Crippen molar-refractivity contribution in [1.29, 1.82) is 0 Å².